The van der Waals surface area contributed by atoms with E-state index in [-0.39, 0.29) is 12.0 Å². The van der Waals surface area contributed by atoms with Crippen LogP contribution in [0.3, 0.4) is 0 Å². The molecule has 1 unspecified atom stereocenters. The zero-order valence-electron chi connectivity index (χ0n) is 19.3. The van der Waals surface area contributed by atoms with E-state index in [4.69, 9.17) is 14.5 Å². The lowest BCUT2D eigenvalue weighted by molar-refractivity contribution is 0.0611. The van der Waals surface area contributed by atoms with Gasteiger partial charge in [-0.05, 0) is 50.0 Å². The number of nitrogens with zero attached hydrogens (tertiary/aromatic N) is 2. The molecule has 170 valence electrons. The summed E-state index contributed by atoms with van der Waals surface area (Å²) in [5.41, 5.74) is 1.58. The lowest BCUT2D eigenvalue weighted by Crippen LogP contribution is -2.35. The fraction of sp³-hybridized carbons (Fsp3) is 0.625. The molecule has 2 aliphatic rings. The number of allylic oxidation sites excluding steroid dienone is 1. The molecule has 1 fully saturated rings. The third-order valence-electron chi connectivity index (χ3n) is 6.46. The minimum absolute atomic E-state index is 0.146. The Morgan fingerprint density at radius 1 is 1.23 bits per heavy atom. The number of ether oxygens (including phenoxy) is 2. The molecule has 0 aliphatic carbocycles. The standard InChI is InChI=1S/C24H34N2O4S/c1-6-18-14-24(5,16-30-18)31(27,28)19-7-8-21-20(13-19)25-22(23(2,3)4)26(21)15-17-9-11-29-12-10-17/h7-8,13-14,17H,6,9-12,15-16H2,1-5H3. The second-order valence-corrected chi connectivity index (χ2v) is 12.5. The van der Waals surface area contributed by atoms with E-state index in [2.05, 4.69) is 25.3 Å². The largest absolute Gasteiger partial charge is 0.496 e. The smallest absolute Gasteiger partial charge is 0.190 e. The number of sulfone groups is 1. The third-order valence-corrected chi connectivity index (χ3v) is 8.79. The van der Waals surface area contributed by atoms with Crippen molar-refractivity contribution in [1.82, 2.24) is 9.55 Å². The first-order valence-corrected chi connectivity index (χ1v) is 12.7. The number of aromatic nitrogens is 2. The molecule has 1 saturated heterocycles. The van der Waals surface area contributed by atoms with Gasteiger partial charge in [-0.15, -0.1) is 0 Å². The Labute approximate surface area is 185 Å². The summed E-state index contributed by atoms with van der Waals surface area (Å²) in [6.07, 6.45) is 4.53. The summed E-state index contributed by atoms with van der Waals surface area (Å²) in [6, 6.07) is 5.39. The van der Waals surface area contributed by atoms with Crippen LogP contribution in [0.15, 0.2) is 34.9 Å². The van der Waals surface area contributed by atoms with Crippen molar-refractivity contribution < 1.29 is 17.9 Å². The fourth-order valence-corrected chi connectivity index (χ4v) is 6.06. The van der Waals surface area contributed by atoms with Crippen LogP contribution in [0.2, 0.25) is 0 Å². The Morgan fingerprint density at radius 3 is 2.55 bits per heavy atom. The molecule has 1 atom stereocenters. The first kappa shape index (κ1) is 22.3. The SMILES string of the molecule is CCC1=CC(C)(S(=O)(=O)c2ccc3c(c2)nc(C(C)(C)C)n3CC2CCOCC2)CO1. The molecule has 1 aromatic heterocycles. The van der Waals surface area contributed by atoms with Crippen molar-refractivity contribution in [2.45, 2.75) is 75.5 Å². The lowest BCUT2D eigenvalue weighted by atomic mass is 9.94. The Bertz CT molecular complexity index is 1100. The highest BCUT2D eigenvalue weighted by Gasteiger charge is 2.43. The average Bonchev–Trinajstić information content (AvgIpc) is 3.30. The summed E-state index contributed by atoms with van der Waals surface area (Å²) < 4.78 is 39.4. The monoisotopic (exact) mass is 446 g/mol. The average molecular weight is 447 g/mol. The number of hydrogen-bond donors (Lipinski definition) is 0. The van der Waals surface area contributed by atoms with E-state index in [9.17, 15) is 8.42 Å². The molecule has 3 heterocycles. The minimum atomic E-state index is -3.61. The van der Waals surface area contributed by atoms with Gasteiger partial charge in [0.2, 0.25) is 0 Å². The van der Waals surface area contributed by atoms with Crippen LogP contribution in [0.25, 0.3) is 11.0 Å². The Hall–Kier alpha value is -1.86. The number of benzene rings is 1. The van der Waals surface area contributed by atoms with Gasteiger partial charge in [-0.1, -0.05) is 27.7 Å². The molecule has 2 aromatic rings. The van der Waals surface area contributed by atoms with Crippen LogP contribution in [-0.2, 0) is 31.3 Å². The van der Waals surface area contributed by atoms with Crippen molar-refractivity contribution in [3.8, 4) is 0 Å². The van der Waals surface area contributed by atoms with Crippen molar-refractivity contribution in [2.24, 2.45) is 5.92 Å². The Morgan fingerprint density at radius 2 is 1.94 bits per heavy atom. The number of rotatable bonds is 5. The summed E-state index contributed by atoms with van der Waals surface area (Å²) in [4.78, 5) is 5.23. The molecule has 0 amide bonds. The zero-order chi connectivity index (χ0) is 22.4. The normalized spacial score (nSPS) is 23.2. The maximum atomic E-state index is 13.5. The van der Waals surface area contributed by atoms with Gasteiger partial charge in [0.1, 0.15) is 17.2 Å². The van der Waals surface area contributed by atoms with Crippen molar-refractivity contribution in [3.63, 3.8) is 0 Å². The fourth-order valence-electron chi connectivity index (χ4n) is 4.51. The second kappa shape index (κ2) is 7.93. The molecular formula is C24H34N2O4S. The molecule has 2 aliphatic heterocycles. The van der Waals surface area contributed by atoms with Crippen molar-refractivity contribution in [3.05, 3.63) is 35.9 Å². The molecule has 0 radical (unpaired) electrons. The van der Waals surface area contributed by atoms with Gasteiger partial charge in [0, 0.05) is 31.6 Å². The summed E-state index contributed by atoms with van der Waals surface area (Å²) >= 11 is 0. The number of fused-ring (bicyclic) bond motifs is 1. The van der Waals surface area contributed by atoms with Crippen LogP contribution in [-0.4, -0.2) is 42.5 Å². The van der Waals surface area contributed by atoms with Crippen LogP contribution < -0.4 is 0 Å². The number of imidazole rings is 1. The van der Waals surface area contributed by atoms with Crippen LogP contribution in [0.1, 0.15) is 59.7 Å². The third kappa shape index (κ3) is 4.02. The highest BCUT2D eigenvalue weighted by atomic mass is 32.2. The van der Waals surface area contributed by atoms with Gasteiger partial charge in [0.25, 0.3) is 0 Å². The zero-order valence-corrected chi connectivity index (χ0v) is 20.1. The summed E-state index contributed by atoms with van der Waals surface area (Å²) in [7, 11) is -3.61. The van der Waals surface area contributed by atoms with Gasteiger partial charge < -0.3 is 14.0 Å². The highest BCUT2D eigenvalue weighted by Crippen LogP contribution is 2.36. The van der Waals surface area contributed by atoms with E-state index in [1.807, 2.05) is 13.0 Å². The molecule has 0 spiro atoms. The summed E-state index contributed by atoms with van der Waals surface area (Å²) in [6.45, 7) is 12.8. The van der Waals surface area contributed by atoms with Gasteiger partial charge in [-0.2, -0.15) is 0 Å². The van der Waals surface area contributed by atoms with Crippen molar-refractivity contribution in [2.75, 3.05) is 19.8 Å². The molecule has 1 aromatic carbocycles. The topological polar surface area (TPSA) is 70.4 Å². The van der Waals surface area contributed by atoms with Crippen LogP contribution in [0.4, 0.5) is 0 Å². The maximum Gasteiger partial charge on any atom is 0.190 e. The van der Waals surface area contributed by atoms with Gasteiger partial charge in [0.15, 0.2) is 9.84 Å². The van der Waals surface area contributed by atoms with Gasteiger partial charge in [-0.3, -0.25) is 0 Å². The molecule has 7 heteroatoms. The van der Waals surface area contributed by atoms with Crippen LogP contribution in [0, 0.1) is 5.92 Å². The lowest BCUT2D eigenvalue weighted by Gasteiger charge is -2.26. The van der Waals surface area contributed by atoms with Crippen LogP contribution >= 0.6 is 0 Å². The van der Waals surface area contributed by atoms with E-state index >= 15 is 0 Å². The molecule has 0 N–H and O–H groups in total. The van der Waals surface area contributed by atoms with E-state index < -0.39 is 14.6 Å². The molecule has 0 saturated carbocycles. The molecular weight excluding hydrogens is 412 g/mol. The predicted molar refractivity (Wildman–Crippen MR) is 122 cm³/mol. The molecule has 31 heavy (non-hydrogen) atoms. The molecule has 0 bridgehead atoms. The van der Waals surface area contributed by atoms with E-state index in [1.165, 1.54) is 0 Å². The molecule has 4 rings (SSSR count). The first-order valence-electron chi connectivity index (χ1n) is 11.2. The van der Waals surface area contributed by atoms with Crippen molar-refractivity contribution in [1.29, 1.82) is 0 Å². The van der Waals surface area contributed by atoms with E-state index in [0.29, 0.717) is 17.2 Å². The maximum absolute atomic E-state index is 13.5. The van der Waals surface area contributed by atoms with Crippen LogP contribution in [0.5, 0.6) is 0 Å². The summed E-state index contributed by atoms with van der Waals surface area (Å²) in [5, 5.41) is 0. The van der Waals surface area contributed by atoms with Gasteiger partial charge in [-0.25, -0.2) is 13.4 Å². The van der Waals surface area contributed by atoms with Gasteiger partial charge >= 0.3 is 0 Å². The Kier molecular flexibility index (Phi) is 5.71. The highest BCUT2D eigenvalue weighted by molar-refractivity contribution is 7.93. The first-order chi connectivity index (χ1) is 14.5. The molecule has 6 nitrogen and oxygen atoms in total. The minimum Gasteiger partial charge on any atom is -0.496 e. The number of hydrogen-bond acceptors (Lipinski definition) is 5. The van der Waals surface area contributed by atoms with Crippen molar-refractivity contribution >= 4 is 20.9 Å². The van der Waals surface area contributed by atoms with E-state index in [1.54, 1.807) is 25.1 Å². The Balaban J connectivity index is 1.77. The quantitative estimate of drug-likeness (QED) is 0.670. The van der Waals surface area contributed by atoms with E-state index in [0.717, 1.165) is 55.2 Å². The summed E-state index contributed by atoms with van der Waals surface area (Å²) in [5.74, 6) is 2.28. The second-order valence-electron chi connectivity index (χ2n) is 10.1. The predicted octanol–water partition coefficient (Wildman–Crippen LogP) is 4.62. The van der Waals surface area contributed by atoms with Gasteiger partial charge in [0.05, 0.1) is 21.7 Å².